The Balaban J connectivity index is 2.56. The third-order valence-corrected chi connectivity index (χ3v) is 3.84. The number of hydrogen-bond acceptors (Lipinski definition) is 5. The lowest BCUT2D eigenvalue weighted by atomic mass is 10.1. The van der Waals surface area contributed by atoms with Crippen LogP contribution in [0.2, 0.25) is 0 Å². The number of allylic oxidation sites excluding steroid dienone is 1. The van der Waals surface area contributed by atoms with Gasteiger partial charge in [0.1, 0.15) is 5.69 Å². The second-order valence-corrected chi connectivity index (χ2v) is 5.50. The third-order valence-electron chi connectivity index (χ3n) is 3.33. The monoisotopic (exact) mass is 297 g/mol. The number of rotatable bonds is 10. The highest BCUT2D eigenvalue weighted by molar-refractivity contribution is 6.99. The van der Waals surface area contributed by atoms with Gasteiger partial charge in [-0.1, -0.05) is 39.2 Å². The van der Waals surface area contributed by atoms with E-state index in [1.54, 1.807) is 0 Å². The van der Waals surface area contributed by atoms with Gasteiger partial charge in [-0.05, 0) is 32.5 Å². The van der Waals surface area contributed by atoms with Crippen LogP contribution < -0.4 is 4.74 Å². The fourth-order valence-corrected chi connectivity index (χ4v) is 2.41. The Morgan fingerprint density at radius 2 is 2.05 bits per heavy atom. The molecule has 114 valence electrons. The lowest BCUT2D eigenvalue weighted by molar-refractivity contribution is 0.295. The van der Waals surface area contributed by atoms with Crippen LogP contribution in [-0.2, 0) is 0 Å². The standard InChI is InChI=1S/C15H27N3OS/c1-5-8-9-10-11-19-15-14(16-20-17-15)13(6-2)12-18(4)7-3/h6H,5,7-12H2,1-4H3/b13-6+. The highest BCUT2D eigenvalue weighted by Crippen LogP contribution is 2.24. The van der Waals surface area contributed by atoms with Crippen molar-refractivity contribution in [2.45, 2.75) is 46.5 Å². The van der Waals surface area contributed by atoms with E-state index in [2.05, 4.69) is 40.6 Å². The summed E-state index contributed by atoms with van der Waals surface area (Å²) in [6.45, 7) is 9.04. The summed E-state index contributed by atoms with van der Waals surface area (Å²) in [7, 11) is 2.11. The van der Waals surface area contributed by atoms with E-state index in [0.29, 0.717) is 5.88 Å². The van der Waals surface area contributed by atoms with E-state index in [0.717, 1.165) is 31.8 Å². The molecule has 0 aliphatic rings. The minimum Gasteiger partial charge on any atom is -0.475 e. The highest BCUT2D eigenvalue weighted by Gasteiger charge is 2.15. The summed E-state index contributed by atoms with van der Waals surface area (Å²) in [5.41, 5.74) is 2.10. The van der Waals surface area contributed by atoms with Crippen molar-refractivity contribution in [2.75, 3.05) is 26.7 Å². The summed E-state index contributed by atoms with van der Waals surface area (Å²) < 4.78 is 14.5. The molecular weight excluding hydrogens is 270 g/mol. The van der Waals surface area contributed by atoms with Crippen molar-refractivity contribution in [3.8, 4) is 5.88 Å². The average molecular weight is 297 g/mol. The minimum absolute atomic E-state index is 0.698. The number of nitrogens with zero attached hydrogens (tertiary/aromatic N) is 3. The highest BCUT2D eigenvalue weighted by atomic mass is 32.1. The molecule has 0 amide bonds. The van der Waals surface area contributed by atoms with Gasteiger partial charge in [0.2, 0.25) is 0 Å². The summed E-state index contributed by atoms with van der Waals surface area (Å²) in [6, 6.07) is 0. The van der Waals surface area contributed by atoms with E-state index >= 15 is 0 Å². The van der Waals surface area contributed by atoms with Crippen molar-refractivity contribution >= 4 is 17.3 Å². The molecule has 20 heavy (non-hydrogen) atoms. The Bertz CT molecular complexity index is 404. The number of hydrogen-bond donors (Lipinski definition) is 0. The van der Waals surface area contributed by atoms with E-state index in [1.807, 2.05) is 6.92 Å². The number of likely N-dealkylation sites (N-methyl/N-ethyl adjacent to an activating group) is 1. The van der Waals surface area contributed by atoms with Gasteiger partial charge in [0.15, 0.2) is 0 Å². The number of aromatic nitrogens is 2. The van der Waals surface area contributed by atoms with Crippen LogP contribution in [0.4, 0.5) is 0 Å². The Kier molecular flexibility index (Phi) is 8.46. The van der Waals surface area contributed by atoms with Crippen molar-refractivity contribution < 1.29 is 4.74 Å². The fourth-order valence-electron chi connectivity index (χ4n) is 1.87. The summed E-state index contributed by atoms with van der Waals surface area (Å²) >= 11 is 1.23. The molecule has 5 heteroatoms. The molecule has 1 rings (SSSR count). The molecule has 0 atom stereocenters. The van der Waals surface area contributed by atoms with Crippen LogP contribution in [0, 0.1) is 0 Å². The molecule has 0 bridgehead atoms. The molecule has 1 aromatic heterocycles. The van der Waals surface area contributed by atoms with Crippen LogP contribution >= 0.6 is 11.7 Å². The molecule has 0 saturated carbocycles. The van der Waals surface area contributed by atoms with Crippen molar-refractivity contribution in [1.29, 1.82) is 0 Å². The minimum atomic E-state index is 0.698. The molecule has 0 aliphatic carbocycles. The van der Waals surface area contributed by atoms with Gasteiger partial charge in [0.05, 0.1) is 18.3 Å². The van der Waals surface area contributed by atoms with Crippen molar-refractivity contribution in [2.24, 2.45) is 0 Å². The molecule has 4 nitrogen and oxygen atoms in total. The van der Waals surface area contributed by atoms with Crippen molar-refractivity contribution in [1.82, 2.24) is 13.6 Å². The number of unbranched alkanes of at least 4 members (excludes halogenated alkanes) is 3. The Labute approximate surface area is 127 Å². The van der Waals surface area contributed by atoms with Gasteiger partial charge in [-0.25, -0.2) is 0 Å². The second-order valence-electron chi connectivity index (χ2n) is 4.97. The molecule has 0 aromatic carbocycles. The normalized spacial score (nSPS) is 12.2. The predicted molar refractivity (Wildman–Crippen MR) is 86.4 cm³/mol. The fraction of sp³-hybridized carbons (Fsp3) is 0.733. The molecule has 1 aromatic rings. The Morgan fingerprint density at radius 1 is 1.25 bits per heavy atom. The van der Waals surface area contributed by atoms with Crippen LogP contribution in [0.3, 0.4) is 0 Å². The zero-order chi connectivity index (χ0) is 14.8. The lowest BCUT2D eigenvalue weighted by Gasteiger charge is -2.15. The smallest absolute Gasteiger partial charge is 0.253 e. The average Bonchev–Trinajstić information content (AvgIpc) is 2.92. The van der Waals surface area contributed by atoms with E-state index in [1.165, 1.54) is 36.6 Å². The van der Waals surface area contributed by atoms with E-state index in [-0.39, 0.29) is 0 Å². The maximum Gasteiger partial charge on any atom is 0.253 e. The summed E-state index contributed by atoms with van der Waals surface area (Å²) in [4.78, 5) is 2.25. The molecule has 0 radical (unpaired) electrons. The maximum atomic E-state index is 5.80. The summed E-state index contributed by atoms with van der Waals surface area (Å²) in [5.74, 6) is 0.698. The van der Waals surface area contributed by atoms with E-state index in [9.17, 15) is 0 Å². The predicted octanol–water partition coefficient (Wildman–Crippen LogP) is 3.85. The molecule has 0 spiro atoms. The first-order valence-corrected chi connectivity index (χ1v) is 8.25. The van der Waals surface area contributed by atoms with Crippen LogP contribution in [0.25, 0.3) is 5.57 Å². The summed E-state index contributed by atoms with van der Waals surface area (Å²) in [6.07, 6.45) is 6.93. The Hall–Kier alpha value is -0.940. The molecular formula is C15H27N3OS. The van der Waals surface area contributed by atoms with Crippen LogP contribution in [0.5, 0.6) is 5.88 Å². The van der Waals surface area contributed by atoms with E-state index in [4.69, 9.17) is 4.74 Å². The lowest BCUT2D eigenvalue weighted by Crippen LogP contribution is -2.20. The first kappa shape index (κ1) is 17.1. The van der Waals surface area contributed by atoms with Gasteiger partial charge < -0.3 is 9.64 Å². The van der Waals surface area contributed by atoms with Gasteiger partial charge in [-0.15, -0.1) is 4.37 Å². The second kappa shape index (κ2) is 9.88. The van der Waals surface area contributed by atoms with Crippen LogP contribution in [0.1, 0.15) is 52.1 Å². The van der Waals surface area contributed by atoms with Gasteiger partial charge in [0, 0.05) is 6.54 Å². The largest absolute Gasteiger partial charge is 0.475 e. The van der Waals surface area contributed by atoms with Crippen molar-refractivity contribution in [3.63, 3.8) is 0 Å². The topological polar surface area (TPSA) is 38.2 Å². The summed E-state index contributed by atoms with van der Waals surface area (Å²) in [5, 5.41) is 0. The van der Waals surface area contributed by atoms with Crippen LogP contribution in [-0.4, -0.2) is 40.4 Å². The van der Waals surface area contributed by atoms with Crippen LogP contribution in [0.15, 0.2) is 6.08 Å². The Morgan fingerprint density at radius 3 is 2.70 bits per heavy atom. The van der Waals surface area contributed by atoms with E-state index < -0.39 is 0 Å². The van der Waals surface area contributed by atoms with Gasteiger partial charge >= 0.3 is 0 Å². The molecule has 0 aliphatic heterocycles. The molecule has 0 fully saturated rings. The maximum absolute atomic E-state index is 5.80. The zero-order valence-electron chi connectivity index (χ0n) is 13.2. The molecule has 1 heterocycles. The quantitative estimate of drug-likeness (QED) is 0.615. The van der Waals surface area contributed by atoms with Gasteiger partial charge in [-0.2, -0.15) is 4.37 Å². The first-order chi connectivity index (χ1) is 9.72. The van der Waals surface area contributed by atoms with Gasteiger partial charge in [-0.3, -0.25) is 0 Å². The first-order valence-electron chi connectivity index (χ1n) is 7.52. The SMILES string of the molecule is C/C=C(\CN(C)CC)c1nsnc1OCCCCCC. The number of ether oxygens (including phenoxy) is 1. The third kappa shape index (κ3) is 5.59. The molecule has 0 N–H and O–H groups in total. The molecule has 0 unspecified atom stereocenters. The molecule has 0 saturated heterocycles. The van der Waals surface area contributed by atoms with Crippen molar-refractivity contribution in [3.05, 3.63) is 11.8 Å². The van der Waals surface area contributed by atoms with Gasteiger partial charge in [0.25, 0.3) is 5.88 Å². The zero-order valence-corrected chi connectivity index (χ0v) is 14.0.